The first kappa shape index (κ1) is 17.9. The molecule has 2 amide bonds. The fourth-order valence-electron chi connectivity index (χ4n) is 4.23. The van der Waals surface area contributed by atoms with Crippen LogP contribution in [0.2, 0.25) is 0 Å². The van der Waals surface area contributed by atoms with Gasteiger partial charge in [0.2, 0.25) is 5.91 Å². The van der Waals surface area contributed by atoms with Gasteiger partial charge in [0.05, 0.1) is 6.04 Å². The zero-order valence-electron chi connectivity index (χ0n) is 15.4. The Hall–Kier alpha value is -1.88. The third-order valence-electron chi connectivity index (χ3n) is 5.85. The van der Waals surface area contributed by atoms with E-state index in [1.54, 1.807) is 0 Å². The number of hydrogen-bond donors (Lipinski definition) is 1. The molecule has 2 fully saturated rings. The minimum Gasteiger partial charge on any atom is -0.339 e. The van der Waals surface area contributed by atoms with Crippen molar-refractivity contribution in [2.45, 2.75) is 63.7 Å². The van der Waals surface area contributed by atoms with E-state index in [9.17, 15) is 9.59 Å². The lowest BCUT2D eigenvalue weighted by molar-refractivity contribution is -0.138. The topological polar surface area (TPSA) is 66.6 Å². The summed E-state index contributed by atoms with van der Waals surface area (Å²) in [6.07, 6.45) is 3.74. The Bertz CT molecular complexity index is 617. The van der Waals surface area contributed by atoms with Gasteiger partial charge in [-0.15, -0.1) is 0 Å². The molecule has 2 aliphatic rings. The van der Waals surface area contributed by atoms with E-state index in [0.717, 1.165) is 31.2 Å². The average Bonchev–Trinajstić information content (AvgIpc) is 2.89. The van der Waals surface area contributed by atoms with E-state index < -0.39 is 6.04 Å². The van der Waals surface area contributed by atoms with Crippen molar-refractivity contribution < 1.29 is 9.59 Å². The summed E-state index contributed by atoms with van der Waals surface area (Å²) in [5.41, 5.74) is 6.83. The minimum atomic E-state index is -0.427. The van der Waals surface area contributed by atoms with E-state index in [0.29, 0.717) is 0 Å². The fraction of sp³-hybridized carbons (Fsp3) is 0.600. The van der Waals surface area contributed by atoms with Crippen molar-refractivity contribution in [3.63, 3.8) is 0 Å². The smallest absolute Gasteiger partial charge is 0.253 e. The number of carbonyl (C=O) groups excluding carboxylic acids is 2. The highest BCUT2D eigenvalue weighted by Gasteiger charge is 2.46. The van der Waals surface area contributed by atoms with E-state index >= 15 is 0 Å². The van der Waals surface area contributed by atoms with Gasteiger partial charge < -0.3 is 15.5 Å². The Kier molecular flexibility index (Phi) is 5.13. The molecule has 0 aromatic heterocycles. The molecule has 2 unspecified atom stereocenters. The molecule has 2 saturated heterocycles. The summed E-state index contributed by atoms with van der Waals surface area (Å²) in [7, 11) is 1.89. The zero-order chi connectivity index (χ0) is 18.1. The minimum absolute atomic E-state index is 0.0589. The molecule has 2 heterocycles. The second-order valence-corrected chi connectivity index (χ2v) is 7.81. The maximum Gasteiger partial charge on any atom is 0.253 e. The molecule has 0 aliphatic carbocycles. The van der Waals surface area contributed by atoms with Crippen molar-refractivity contribution in [1.29, 1.82) is 0 Å². The Morgan fingerprint density at radius 2 is 1.68 bits per heavy atom. The molecule has 2 bridgehead atoms. The largest absolute Gasteiger partial charge is 0.339 e. The van der Waals surface area contributed by atoms with Crippen LogP contribution in [0.4, 0.5) is 0 Å². The fourth-order valence-corrected chi connectivity index (χ4v) is 4.23. The predicted molar refractivity (Wildman–Crippen MR) is 98.0 cm³/mol. The van der Waals surface area contributed by atoms with Crippen LogP contribution in [0.25, 0.3) is 0 Å². The number of benzene rings is 1. The molecule has 5 heteroatoms. The van der Waals surface area contributed by atoms with Crippen molar-refractivity contribution >= 4 is 11.8 Å². The van der Waals surface area contributed by atoms with Crippen molar-refractivity contribution in [1.82, 2.24) is 9.80 Å². The van der Waals surface area contributed by atoms with Gasteiger partial charge in [-0.25, -0.2) is 0 Å². The second kappa shape index (κ2) is 7.16. The van der Waals surface area contributed by atoms with E-state index in [-0.39, 0.29) is 35.9 Å². The van der Waals surface area contributed by atoms with Crippen molar-refractivity contribution in [3.8, 4) is 0 Å². The summed E-state index contributed by atoms with van der Waals surface area (Å²) in [6, 6.07) is 9.59. The van der Waals surface area contributed by atoms with Crippen molar-refractivity contribution in [2.24, 2.45) is 11.7 Å². The highest BCUT2D eigenvalue weighted by Crippen LogP contribution is 2.38. The van der Waals surface area contributed by atoms with Crippen LogP contribution in [0.15, 0.2) is 30.3 Å². The Morgan fingerprint density at radius 3 is 2.20 bits per heavy atom. The first-order valence-corrected chi connectivity index (χ1v) is 9.30. The number of rotatable bonds is 4. The number of hydrogen-bond acceptors (Lipinski definition) is 3. The first-order chi connectivity index (χ1) is 11.9. The predicted octanol–water partition coefficient (Wildman–Crippen LogP) is 2.26. The van der Waals surface area contributed by atoms with E-state index in [1.807, 2.05) is 61.0 Å². The number of amides is 2. The van der Waals surface area contributed by atoms with Gasteiger partial charge in [-0.2, -0.15) is 0 Å². The van der Waals surface area contributed by atoms with Gasteiger partial charge in [0.1, 0.15) is 0 Å². The summed E-state index contributed by atoms with van der Waals surface area (Å²) in [4.78, 5) is 29.4. The van der Waals surface area contributed by atoms with Crippen LogP contribution < -0.4 is 5.73 Å². The highest BCUT2D eigenvalue weighted by molar-refractivity contribution is 5.94. The lowest BCUT2D eigenvalue weighted by atomic mass is 9.93. The summed E-state index contributed by atoms with van der Waals surface area (Å²) in [5.74, 6) is 0.286. The monoisotopic (exact) mass is 343 g/mol. The summed E-state index contributed by atoms with van der Waals surface area (Å²) < 4.78 is 0. The molecule has 5 nitrogen and oxygen atoms in total. The number of fused-ring (bicyclic) bond motifs is 2. The third kappa shape index (κ3) is 3.43. The van der Waals surface area contributed by atoms with E-state index in [2.05, 4.69) is 0 Å². The SMILES string of the molecule is CC(C)[C@H](N)C(=O)N1C2CCC1CC(N(C)C(=O)c1ccccc1)C2. The van der Waals surface area contributed by atoms with Crippen LogP contribution >= 0.6 is 0 Å². The van der Waals surface area contributed by atoms with Gasteiger partial charge in [-0.3, -0.25) is 9.59 Å². The van der Waals surface area contributed by atoms with Crippen molar-refractivity contribution in [2.75, 3.05) is 7.05 Å². The normalized spacial score (nSPS) is 26.6. The third-order valence-corrected chi connectivity index (χ3v) is 5.85. The number of carbonyl (C=O) groups is 2. The maximum atomic E-state index is 12.8. The standard InChI is InChI=1S/C20H29N3O2/c1-13(2)18(21)20(25)23-15-9-10-16(23)12-17(11-15)22(3)19(24)14-7-5-4-6-8-14/h4-8,13,15-18H,9-12,21H2,1-3H3/t15?,16?,17?,18-/m0/s1. The number of nitrogens with two attached hydrogens (primary N) is 1. The lowest BCUT2D eigenvalue weighted by Crippen LogP contribution is -2.57. The number of piperidine rings is 1. The van der Waals surface area contributed by atoms with Crippen LogP contribution in [0, 0.1) is 5.92 Å². The summed E-state index contributed by atoms with van der Waals surface area (Å²) >= 11 is 0. The van der Waals surface area contributed by atoms with Gasteiger partial charge >= 0.3 is 0 Å². The van der Waals surface area contributed by atoms with E-state index in [4.69, 9.17) is 5.73 Å². The Balaban J connectivity index is 1.69. The lowest BCUT2D eigenvalue weighted by Gasteiger charge is -2.43. The van der Waals surface area contributed by atoms with Gasteiger partial charge in [-0.1, -0.05) is 32.0 Å². The molecule has 3 rings (SSSR count). The molecule has 25 heavy (non-hydrogen) atoms. The molecule has 2 aliphatic heterocycles. The average molecular weight is 343 g/mol. The molecule has 0 saturated carbocycles. The van der Waals surface area contributed by atoms with Crippen LogP contribution in [0.3, 0.4) is 0 Å². The van der Waals surface area contributed by atoms with Crippen molar-refractivity contribution in [3.05, 3.63) is 35.9 Å². The molecule has 1 aromatic carbocycles. The second-order valence-electron chi connectivity index (χ2n) is 7.81. The molecule has 1 aromatic rings. The van der Waals surface area contributed by atoms with Gasteiger partial charge in [0.25, 0.3) is 5.91 Å². The molecule has 0 radical (unpaired) electrons. The van der Waals surface area contributed by atoms with Crippen LogP contribution in [0.5, 0.6) is 0 Å². The quantitative estimate of drug-likeness (QED) is 0.912. The summed E-state index contributed by atoms with van der Waals surface area (Å²) in [5, 5.41) is 0. The van der Waals surface area contributed by atoms with Crippen LogP contribution in [0.1, 0.15) is 49.9 Å². The Labute approximate surface area is 150 Å². The van der Waals surface area contributed by atoms with Crippen LogP contribution in [-0.4, -0.2) is 52.8 Å². The molecular weight excluding hydrogens is 314 g/mol. The molecule has 136 valence electrons. The first-order valence-electron chi connectivity index (χ1n) is 9.30. The highest BCUT2D eigenvalue weighted by atomic mass is 16.2. The zero-order valence-corrected chi connectivity index (χ0v) is 15.4. The number of nitrogens with zero attached hydrogens (tertiary/aromatic N) is 2. The van der Waals surface area contributed by atoms with Crippen LogP contribution in [-0.2, 0) is 4.79 Å². The molecule has 0 spiro atoms. The molecular formula is C20H29N3O2. The maximum absolute atomic E-state index is 12.8. The Morgan fingerprint density at radius 1 is 1.12 bits per heavy atom. The van der Waals surface area contributed by atoms with Gasteiger partial charge in [-0.05, 0) is 43.7 Å². The van der Waals surface area contributed by atoms with Gasteiger partial charge in [0.15, 0.2) is 0 Å². The summed E-state index contributed by atoms with van der Waals surface area (Å²) in [6.45, 7) is 3.98. The van der Waals surface area contributed by atoms with Gasteiger partial charge in [0, 0.05) is 30.7 Å². The molecule has 3 atom stereocenters. The molecule has 2 N–H and O–H groups in total. The van der Waals surface area contributed by atoms with E-state index in [1.165, 1.54) is 0 Å².